The van der Waals surface area contributed by atoms with Gasteiger partial charge in [0, 0.05) is 40.6 Å². The Balaban J connectivity index is 1.35. The molecule has 5 rings (SSSR count). The Morgan fingerprint density at radius 2 is 1.94 bits per heavy atom. The van der Waals surface area contributed by atoms with Gasteiger partial charge in [0.25, 0.3) is 11.8 Å². The Kier molecular flexibility index (Phi) is 5.87. The lowest BCUT2D eigenvalue weighted by atomic mass is 10.0. The molecule has 7 heteroatoms. The maximum absolute atomic E-state index is 13.3. The van der Waals surface area contributed by atoms with Crippen molar-refractivity contribution in [2.75, 3.05) is 11.9 Å². The first kappa shape index (κ1) is 22.2. The lowest BCUT2D eigenvalue weighted by Gasteiger charge is -2.28. The Hall–Kier alpha value is -3.58. The van der Waals surface area contributed by atoms with Crippen molar-refractivity contribution in [1.29, 1.82) is 0 Å². The van der Waals surface area contributed by atoms with Gasteiger partial charge in [-0.3, -0.25) is 9.59 Å². The molecule has 0 saturated heterocycles. The van der Waals surface area contributed by atoms with E-state index < -0.39 is 0 Å². The van der Waals surface area contributed by atoms with Crippen molar-refractivity contribution in [3.8, 4) is 0 Å². The zero-order valence-electron chi connectivity index (χ0n) is 19.6. The molecule has 0 unspecified atom stereocenters. The molecule has 34 heavy (non-hydrogen) atoms. The molecule has 0 radical (unpaired) electrons. The Bertz CT molecular complexity index is 1360. The molecule has 1 aliphatic rings. The number of hydrogen-bond donors (Lipinski definition) is 1. The summed E-state index contributed by atoms with van der Waals surface area (Å²) in [5, 5.41) is 5.12. The van der Waals surface area contributed by atoms with Crippen molar-refractivity contribution in [3.05, 3.63) is 98.4 Å². The number of furan rings is 1. The predicted octanol–water partition coefficient (Wildman–Crippen LogP) is 5.57. The number of fused-ring (bicyclic) bond motifs is 1. The summed E-state index contributed by atoms with van der Waals surface area (Å²) in [4.78, 5) is 29.8. The molecule has 4 aromatic rings. The van der Waals surface area contributed by atoms with Gasteiger partial charge in [0.1, 0.15) is 5.76 Å². The number of amides is 2. The van der Waals surface area contributed by atoms with Crippen LogP contribution in [0.1, 0.15) is 53.9 Å². The van der Waals surface area contributed by atoms with E-state index in [-0.39, 0.29) is 11.8 Å². The normalized spacial score (nSPS) is 13.1. The Labute approximate surface area is 202 Å². The van der Waals surface area contributed by atoms with Crippen LogP contribution >= 0.6 is 11.3 Å². The topological polar surface area (TPSA) is 67.5 Å². The van der Waals surface area contributed by atoms with Crippen LogP contribution in [0.25, 0.3) is 0 Å². The van der Waals surface area contributed by atoms with Crippen LogP contribution in [0.2, 0.25) is 0 Å². The van der Waals surface area contributed by atoms with E-state index in [1.54, 1.807) is 17.6 Å². The van der Waals surface area contributed by atoms with E-state index in [0.29, 0.717) is 36.4 Å². The van der Waals surface area contributed by atoms with Crippen molar-refractivity contribution in [1.82, 2.24) is 9.47 Å². The van der Waals surface area contributed by atoms with Gasteiger partial charge in [-0.05, 0) is 80.1 Å². The second kappa shape index (κ2) is 8.99. The van der Waals surface area contributed by atoms with E-state index in [4.69, 9.17) is 4.42 Å². The van der Waals surface area contributed by atoms with Crippen LogP contribution in [0, 0.1) is 20.8 Å². The molecule has 6 nitrogen and oxygen atoms in total. The third-order valence-corrected chi connectivity index (χ3v) is 7.64. The monoisotopic (exact) mass is 473 g/mol. The third-order valence-electron chi connectivity index (χ3n) is 6.62. The third kappa shape index (κ3) is 4.07. The highest BCUT2D eigenvalue weighted by molar-refractivity contribution is 7.10. The van der Waals surface area contributed by atoms with Crippen LogP contribution in [0.15, 0.2) is 58.5 Å². The number of rotatable bonds is 5. The number of benzene rings is 1. The highest BCUT2D eigenvalue weighted by atomic mass is 32.1. The van der Waals surface area contributed by atoms with E-state index in [0.717, 1.165) is 29.1 Å². The molecular formula is C27H27N3O3S. The van der Waals surface area contributed by atoms with Gasteiger partial charge in [0.2, 0.25) is 0 Å². The van der Waals surface area contributed by atoms with E-state index in [1.807, 2.05) is 62.1 Å². The number of nitrogens with zero attached hydrogens (tertiary/aromatic N) is 2. The largest absolute Gasteiger partial charge is 0.467 e. The van der Waals surface area contributed by atoms with Crippen molar-refractivity contribution >= 4 is 28.8 Å². The van der Waals surface area contributed by atoms with Gasteiger partial charge < -0.3 is 19.2 Å². The van der Waals surface area contributed by atoms with Crippen LogP contribution in [-0.4, -0.2) is 27.8 Å². The maximum atomic E-state index is 13.3. The fourth-order valence-electron chi connectivity index (χ4n) is 4.62. The number of nitrogens with one attached hydrogen (secondary N) is 1. The number of anilines is 1. The minimum Gasteiger partial charge on any atom is -0.467 e. The van der Waals surface area contributed by atoms with E-state index >= 15 is 0 Å². The van der Waals surface area contributed by atoms with Gasteiger partial charge in [-0.1, -0.05) is 6.07 Å². The lowest BCUT2D eigenvalue weighted by molar-refractivity contribution is 0.0735. The highest BCUT2D eigenvalue weighted by Gasteiger charge is 2.25. The van der Waals surface area contributed by atoms with E-state index in [2.05, 4.69) is 21.3 Å². The van der Waals surface area contributed by atoms with Crippen LogP contribution in [0.4, 0.5) is 5.69 Å². The summed E-state index contributed by atoms with van der Waals surface area (Å²) in [5.41, 5.74) is 5.76. The zero-order chi connectivity index (χ0) is 23.8. The summed E-state index contributed by atoms with van der Waals surface area (Å²) >= 11 is 1.76. The summed E-state index contributed by atoms with van der Waals surface area (Å²) in [6.07, 6.45) is 2.54. The van der Waals surface area contributed by atoms with Crippen LogP contribution in [0.5, 0.6) is 0 Å². The van der Waals surface area contributed by atoms with Gasteiger partial charge >= 0.3 is 0 Å². The first-order valence-corrected chi connectivity index (χ1v) is 12.2. The number of aromatic nitrogens is 1. The molecule has 0 saturated carbocycles. The predicted molar refractivity (Wildman–Crippen MR) is 134 cm³/mol. The second-order valence-corrected chi connectivity index (χ2v) is 9.73. The van der Waals surface area contributed by atoms with Gasteiger partial charge in [-0.25, -0.2) is 0 Å². The molecule has 3 aromatic heterocycles. The van der Waals surface area contributed by atoms with Crippen molar-refractivity contribution in [2.45, 2.75) is 40.3 Å². The summed E-state index contributed by atoms with van der Waals surface area (Å²) in [6, 6.07) is 13.3. The van der Waals surface area contributed by atoms with Crippen LogP contribution in [0.3, 0.4) is 0 Å². The van der Waals surface area contributed by atoms with Crippen LogP contribution < -0.4 is 5.32 Å². The average molecular weight is 474 g/mol. The summed E-state index contributed by atoms with van der Waals surface area (Å²) in [6.45, 7) is 7.73. The standard InChI is InChI=1S/C27H27N3O3S/c1-17-14-23(19(3)30(17)16-21-6-5-12-33-21)26(31)28-24-8-4-7-22(18(24)2)27(32)29-11-9-25-20(15-29)10-13-34-25/h4-8,10,12-14H,9,11,15-16H2,1-3H3,(H,28,31). The fourth-order valence-corrected chi connectivity index (χ4v) is 5.51. The summed E-state index contributed by atoms with van der Waals surface area (Å²) in [5.74, 6) is 0.651. The molecule has 0 bridgehead atoms. The number of thiophene rings is 1. The van der Waals surface area contributed by atoms with Gasteiger partial charge in [0.15, 0.2) is 0 Å². The molecule has 4 heterocycles. The average Bonchev–Trinajstić information content (AvgIpc) is 3.57. The second-order valence-electron chi connectivity index (χ2n) is 8.73. The molecule has 174 valence electrons. The van der Waals surface area contributed by atoms with Crippen LogP contribution in [-0.2, 0) is 19.5 Å². The number of carbonyl (C=O) groups is 2. The smallest absolute Gasteiger partial charge is 0.257 e. The summed E-state index contributed by atoms with van der Waals surface area (Å²) in [7, 11) is 0. The number of carbonyl (C=O) groups excluding carboxylic acids is 2. The number of aryl methyl sites for hydroxylation is 1. The molecule has 1 N–H and O–H groups in total. The first-order valence-electron chi connectivity index (χ1n) is 11.4. The van der Waals surface area contributed by atoms with Gasteiger partial charge in [-0.15, -0.1) is 11.3 Å². The van der Waals surface area contributed by atoms with Crippen molar-refractivity contribution in [3.63, 3.8) is 0 Å². The Morgan fingerprint density at radius 1 is 1.09 bits per heavy atom. The van der Waals surface area contributed by atoms with Gasteiger partial charge in [0.05, 0.1) is 18.4 Å². The number of hydrogen-bond acceptors (Lipinski definition) is 4. The minimum atomic E-state index is -0.188. The molecule has 1 aromatic carbocycles. The quantitative estimate of drug-likeness (QED) is 0.412. The minimum absolute atomic E-state index is 0.00192. The molecule has 1 aliphatic heterocycles. The lowest BCUT2D eigenvalue weighted by Crippen LogP contribution is -2.35. The Morgan fingerprint density at radius 3 is 2.74 bits per heavy atom. The van der Waals surface area contributed by atoms with E-state index in [1.165, 1.54) is 10.4 Å². The molecular weight excluding hydrogens is 446 g/mol. The first-order chi connectivity index (χ1) is 16.4. The highest BCUT2D eigenvalue weighted by Crippen LogP contribution is 2.28. The van der Waals surface area contributed by atoms with Gasteiger partial charge in [-0.2, -0.15) is 0 Å². The van der Waals surface area contributed by atoms with E-state index in [9.17, 15) is 9.59 Å². The SMILES string of the molecule is Cc1c(NC(=O)c2cc(C)n(Cc3ccco3)c2C)cccc1C(=O)N1CCc2sccc2C1. The maximum Gasteiger partial charge on any atom is 0.257 e. The molecule has 0 aliphatic carbocycles. The molecule has 0 fully saturated rings. The van der Waals surface area contributed by atoms with Crippen molar-refractivity contribution in [2.24, 2.45) is 0 Å². The molecule has 2 amide bonds. The van der Waals surface area contributed by atoms with Crippen molar-refractivity contribution < 1.29 is 14.0 Å². The zero-order valence-corrected chi connectivity index (χ0v) is 20.4. The molecule has 0 atom stereocenters. The summed E-state index contributed by atoms with van der Waals surface area (Å²) < 4.78 is 7.54. The molecule has 0 spiro atoms. The fraction of sp³-hybridized carbons (Fsp3) is 0.259.